The third-order valence-electron chi connectivity index (χ3n) is 4.92. The van der Waals surface area contributed by atoms with Crippen molar-refractivity contribution in [3.8, 4) is 0 Å². The minimum absolute atomic E-state index is 0. The van der Waals surface area contributed by atoms with Crippen molar-refractivity contribution in [3.63, 3.8) is 0 Å². The maximum atomic E-state index is 5.15. The maximum absolute atomic E-state index is 5.15. The van der Waals surface area contributed by atoms with Gasteiger partial charge in [-0.2, -0.15) is 0 Å². The molecule has 0 bridgehead atoms. The number of nitrogens with one attached hydrogen (secondary N) is 2. The highest BCUT2D eigenvalue weighted by Crippen LogP contribution is 2.19. The molecule has 6 heteroatoms. The zero-order valence-corrected chi connectivity index (χ0v) is 19.0. The summed E-state index contributed by atoms with van der Waals surface area (Å²) in [7, 11) is 3.54. The normalized spacial score (nSPS) is 16.1. The summed E-state index contributed by atoms with van der Waals surface area (Å²) in [4.78, 5) is 6.94. The lowest BCUT2D eigenvalue weighted by atomic mass is 9.98. The number of piperidine rings is 1. The van der Waals surface area contributed by atoms with E-state index in [1.807, 2.05) is 7.05 Å². The summed E-state index contributed by atoms with van der Waals surface area (Å²) >= 11 is 0. The fraction of sp³-hybridized carbons (Fsp3) is 0.650. The summed E-state index contributed by atoms with van der Waals surface area (Å²) in [6.07, 6.45) is 4.00. The summed E-state index contributed by atoms with van der Waals surface area (Å²) in [5.41, 5.74) is 2.56. The van der Waals surface area contributed by atoms with Gasteiger partial charge in [0.2, 0.25) is 0 Å². The van der Waals surface area contributed by atoms with Gasteiger partial charge in [0.15, 0.2) is 5.96 Å². The molecule has 0 amide bonds. The number of likely N-dealkylation sites (tertiary alicyclic amines) is 1. The van der Waals surface area contributed by atoms with E-state index in [2.05, 4.69) is 58.6 Å². The average molecular weight is 474 g/mol. The van der Waals surface area contributed by atoms with Gasteiger partial charge < -0.3 is 15.4 Å². The first-order valence-electron chi connectivity index (χ1n) is 9.31. The van der Waals surface area contributed by atoms with Crippen molar-refractivity contribution >= 4 is 29.9 Å². The molecule has 0 atom stereocenters. The van der Waals surface area contributed by atoms with Crippen molar-refractivity contribution in [1.82, 2.24) is 15.5 Å². The second kappa shape index (κ2) is 11.8. The third kappa shape index (κ3) is 7.40. The van der Waals surface area contributed by atoms with Crippen molar-refractivity contribution in [3.05, 3.63) is 35.4 Å². The predicted octanol–water partition coefficient (Wildman–Crippen LogP) is 3.38. The number of hydrogen-bond acceptors (Lipinski definition) is 3. The molecule has 2 rings (SSSR count). The number of benzene rings is 1. The van der Waals surface area contributed by atoms with E-state index >= 15 is 0 Å². The molecule has 0 aliphatic carbocycles. The van der Waals surface area contributed by atoms with Crippen LogP contribution in [-0.4, -0.2) is 50.2 Å². The van der Waals surface area contributed by atoms with Gasteiger partial charge in [-0.25, -0.2) is 0 Å². The Morgan fingerprint density at radius 3 is 2.27 bits per heavy atom. The number of hydrogen-bond donors (Lipinski definition) is 2. The summed E-state index contributed by atoms with van der Waals surface area (Å²) in [5.74, 6) is 0.853. The Morgan fingerprint density at radius 1 is 1.08 bits per heavy atom. The second-order valence-corrected chi connectivity index (χ2v) is 7.39. The van der Waals surface area contributed by atoms with Gasteiger partial charge in [-0.1, -0.05) is 30.7 Å². The van der Waals surface area contributed by atoms with Crippen LogP contribution in [0.25, 0.3) is 0 Å². The molecule has 0 saturated carbocycles. The second-order valence-electron chi connectivity index (χ2n) is 7.39. The average Bonchev–Trinajstić information content (AvgIpc) is 2.64. The fourth-order valence-corrected chi connectivity index (χ4v) is 3.24. The Hall–Kier alpha value is -0.860. The molecule has 1 saturated heterocycles. The Bertz CT molecular complexity index is 539. The molecule has 148 valence electrons. The van der Waals surface area contributed by atoms with Gasteiger partial charge in [-0.15, -0.1) is 24.0 Å². The molecule has 2 N–H and O–H groups in total. The zero-order chi connectivity index (χ0) is 18.1. The van der Waals surface area contributed by atoms with Gasteiger partial charge in [-0.05, 0) is 50.9 Å². The van der Waals surface area contributed by atoms with Gasteiger partial charge in [0, 0.05) is 32.8 Å². The van der Waals surface area contributed by atoms with Crippen molar-refractivity contribution in [2.75, 3.05) is 33.8 Å². The van der Waals surface area contributed by atoms with Crippen LogP contribution in [-0.2, 0) is 17.9 Å². The molecule has 1 aliphatic heterocycles. The Kier molecular flexibility index (Phi) is 10.5. The molecule has 26 heavy (non-hydrogen) atoms. The number of aliphatic imine (C=N–C) groups is 1. The maximum Gasteiger partial charge on any atom is 0.191 e. The van der Waals surface area contributed by atoms with Crippen LogP contribution in [0.5, 0.6) is 0 Å². The number of nitrogens with zero attached hydrogens (tertiary/aromatic N) is 2. The molecule has 5 nitrogen and oxygen atoms in total. The summed E-state index contributed by atoms with van der Waals surface area (Å²) < 4.78 is 5.15. The van der Waals surface area contributed by atoms with Gasteiger partial charge in [0.05, 0.1) is 6.61 Å². The van der Waals surface area contributed by atoms with Gasteiger partial charge >= 0.3 is 0 Å². The molecular formula is C20H35IN4O. The molecule has 0 unspecified atom stereocenters. The number of ether oxygens (including phenoxy) is 1. The van der Waals surface area contributed by atoms with E-state index in [1.165, 1.54) is 43.5 Å². The largest absolute Gasteiger partial charge is 0.380 e. The molecule has 1 aromatic carbocycles. The lowest BCUT2D eigenvalue weighted by Gasteiger charge is -2.41. The van der Waals surface area contributed by atoms with Crippen molar-refractivity contribution in [2.45, 2.75) is 51.8 Å². The zero-order valence-electron chi connectivity index (χ0n) is 16.7. The molecule has 0 aromatic heterocycles. The topological polar surface area (TPSA) is 48.9 Å². The molecular weight excluding hydrogens is 439 g/mol. The SMILES string of the molecule is CN=C(NCc1ccc(COC)cc1)NCC(C)(C)N1CCCCC1.I. The van der Waals surface area contributed by atoms with E-state index in [1.54, 1.807) is 7.11 Å². The monoisotopic (exact) mass is 474 g/mol. The van der Waals surface area contributed by atoms with E-state index in [-0.39, 0.29) is 29.5 Å². The molecule has 0 radical (unpaired) electrons. The molecule has 0 spiro atoms. The number of methoxy groups -OCH3 is 1. The van der Waals surface area contributed by atoms with Crippen LogP contribution in [0.3, 0.4) is 0 Å². The standard InChI is InChI=1S/C20H34N4O.HI/c1-20(2,24-12-6-5-7-13-24)16-23-19(21-3)22-14-17-8-10-18(11-9-17)15-25-4;/h8-11H,5-7,12-16H2,1-4H3,(H2,21,22,23);1H. The van der Waals surface area contributed by atoms with Crippen LogP contribution in [0.4, 0.5) is 0 Å². The Morgan fingerprint density at radius 2 is 1.69 bits per heavy atom. The minimum atomic E-state index is 0. The van der Waals surface area contributed by atoms with Crippen LogP contribution in [0.2, 0.25) is 0 Å². The van der Waals surface area contributed by atoms with E-state index in [4.69, 9.17) is 4.74 Å². The van der Waals surface area contributed by atoms with Crippen molar-refractivity contribution in [2.24, 2.45) is 4.99 Å². The van der Waals surface area contributed by atoms with Gasteiger partial charge in [0.1, 0.15) is 0 Å². The van der Waals surface area contributed by atoms with Crippen LogP contribution < -0.4 is 10.6 Å². The molecule has 1 fully saturated rings. The number of halogens is 1. The van der Waals surface area contributed by atoms with Crippen LogP contribution in [0.1, 0.15) is 44.2 Å². The first-order valence-corrected chi connectivity index (χ1v) is 9.31. The lowest BCUT2D eigenvalue weighted by Crippen LogP contribution is -2.54. The fourth-order valence-electron chi connectivity index (χ4n) is 3.24. The van der Waals surface area contributed by atoms with Crippen molar-refractivity contribution < 1.29 is 4.74 Å². The van der Waals surface area contributed by atoms with E-state index in [9.17, 15) is 0 Å². The van der Waals surface area contributed by atoms with E-state index < -0.39 is 0 Å². The highest BCUT2D eigenvalue weighted by Gasteiger charge is 2.27. The Balaban J connectivity index is 0.00000338. The third-order valence-corrected chi connectivity index (χ3v) is 4.92. The van der Waals surface area contributed by atoms with E-state index in [0.29, 0.717) is 6.61 Å². The smallest absolute Gasteiger partial charge is 0.191 e. The highest BCUT2D eigenvalue weighted by atomic mass is 127. The minimum Gasteiger partial charge on any atom is -0.380 e. The van der Waals surface area contributed by atoms with E-state index in [0.717, 1.165) is 19.0 Å². The van der Waals surface area contributed by atoms with Crippen LogP contribution in [0.15, 0.2) is 29.3 Å². The highest BCUT2D eigenvalue weighted by molar-refractivity contribution is 14.0. The number of rotatable bonds is 7. The summed E-state index contributed by atoms with van der Waals surface area (Å²) in [5, 5.41) is 6.89. The molecule has 1 aliphatic rings. The quantitative estimate of drug-likeness (QED) is 0.362. The Labute approximate surface area is 176 Å². The predicted molar refractivity (Wildman–Crippen MR) is 120 cm³/mol. The van der Waals surface area contributed by atoms with Gasteiger partial charge in [-0.3, -0.25) is 9.89 Å². The van der Waals surface area contributed by atoms with Crippen LogP contribution >= 0.6 is 24.0 Å². The molecule has 1 heterocycles. The van der Waals surface area contributed by atoms with Crippen LogP contribution in [0, 0.1) is 0 Å². The summed E-state index contributed by atoms with van der Waals surface area (Å²) in [6.45, 7) is 9.34. The number of guanidine groups is 1. The van der Waals surface area contributed by atoms with Crippen molar-refractivity contribution in [1.29, 1.82) is 0 Å². The first-order chi connectivity index (χ1) is 12.0. The lowest BCUT2D eigenvalue weighted by molar-refractivity contribution is 0.0982. The molecule has 1 aromatic rings. The first kappa shape index (κ1) is 23.2. The van der Waals surface area contributed by atoms with Gasteiger partial charge in [0.25, 0.3) is 0 Å². The summed E-state index contributed by atoms with van der Waals surface area (Å²) in [6, 6.07) is 8.48.